The molecule has 3 fully saturated rings. The zero-order valence-corrected chi connectivity index (χ0v) is 26.5. The molecule has 0 atom stereocenters. The van der Waals surface area contributed by atoms with Crippen molar-refractivity contribution in [2.24, 2.45) is 0 Å². The van der Waals surface area contributed by atoms with Gasteiger partial charge in [-0.3, -0.25) is 4.79 Å². The molecule has 240 valence electrons. The van der Waals surface area contributed by atoms with Crippen molar-refractivity contribution in [1.29, 1.82) is 0 Å². The first-order valence-corrected chi connectivity index (χ1v) is 16.6. The van der Waals surface area contributed by atoms with Crippen molar-refractivity contribution in [1.82, 2.24) is 24.3 Å². The Balaban J connectivity index is 0.966. The van der Waals surface area contributed by atoms with Crippen LogP contribution in [0.1, 0.15) is 43.0 Å². The van der Waals surface area contributed by atoms with Crippen molar-refractivity contribution in [3.8, 4) is 11.4 Å². The number of nitrogens with one attached hydrogen (secondary N) is 2. The van der Waals surface area contributed by atoms with Gasteiger partial charge in [0.1, 0.15) is 11.5 Å². The summed E-state index contributed by atoms with van der Waals surface area (Å²) in [5, 5.41) is 6.80. The second-order valence-electron chi connectivity index (χ2n) is 12.3. The lowest BCUT2D eigenvalue weighted by atomic mass is 10.0. The zero-order chi connectivity index (χ0) is 31.5. The average molecular weight is 623 g/mol. The Morgan fingerprint density at radius 3 is 2.13 bits per heavy atom. The third-order valence-electron chi connectivity index (χ3n) is 9.45. The van der Waals surface area contributed by atoms with Crippen molar-refractivity contribution in [3.05, 3.63) is 66.4 Å². The van der Waals surface area contributed by atoms with Crippen LogP contribution in [0.4, 0.5) is 22.0 Å². The van der Waals surface area contributed by atoms with Crippen molar-refractivity contribution in [3.63, 3.8) is 0 Å². The largest absolute Gasteiger partial charge is 0.378 e. The van der Waals surface area contributed by atoms with Crippen LogP contribution >= 0.6 is 0 Å². The van der Waals surface area contributed by atoms with Gasteiger partial charge in [-0.15, -0.1) is 0 Å². The van der Waals surface area contributed by atoms with Crippen LogP contribution in [0.2, 0.25) is 0 Å². The predicted molar refractivity (Wildman–Crippen MR) is 180 cm³/mol. The van der Waals surface area contributed by atoms with Crippen molar-refractivity contribution in [2.75, 3.05) is 68.0 Å². The van der Waals surface area contributed by atoms with E-state index < -0.39 is 0 Å². The molecule has 3 amide bonds. The molecule has 11 heteroatoms. The molecule has 4 aromatic rings. The summed E-state index contributed by atoms with van der Waals surface area (Å²) in [5.74, 6) is 1.62. The third kappa shape index (κ3) is 6.43. The maximum Gasteiger partial charge on any atom is 0.323 e. The number of carbonyl (C=O) groups is 2. The van der Waals surface area contributed by atoms with Crippen molar-refractivity contribution >= 4 is 40.2 Å². The van der Waals surface area contributed by atoms with Crippen LogP contribution in [0, 0.1) is 0 Å². The fourth-order valence-corrected chi connectivity index (χ4v) is 6.87. The molecule has 2 aromatic heterocycles. The SMILES string of the molecule is CCn1ccc2c(N3CCOCC3)nc(-c3ccc(NC(=O)Nc4ccc(C(=O)N5CCC(N6CCCC6)CC5)cc4)cc3)nc21. The molecule has 7 rings (SSSR count). The number of rotatable bonds is 7. The van der Waals surface area contributed by atoms with E-state index in [-0.39, 0.29) is 11.9 Å². The van der Waals surface area contributed by atoms with Crippen molar-refractivity contribution < 1.29 is 14.3 Å². The molecular formula is C35H42N8O3. The number of fused-ring (bicyclic) bond motifs is 1. The minimum absolute atomic E-state index is 0.0547. The van der Waals surface area contributed by atoms with Crippen molar-refractivity contribution in [2.45, 2.75) is 45.2 Å². The summed E-state index contributed by atoms with van der Waals surface area (Å²) in [4.78, 5) is 42.6. The van der Waals surface area contributed by atoms with E-state index in [9.17, 15) is 9.59 Å². The molecule has 3 aliphatic rings. The highest BCUT2D eigenvalue weighted by Gasteiger charge is 2.28. The minimum atomic E-state index is -0.358. The molecule has 11 nitrogen and oxygen atoms in total. The molecular weight excluding hydrogens is 580 g/mol. The lowest BCUT2D eigenvalue weighted by molar-refractivity contribution is 0.0644. The lowest BCUT2D eigenvalue weighted by Gasteiger charge is -2.36. The molecule has 0 unspecified atom stereocenters. The number of carbonyl (C=O) groups excluding carboxylic acids is 2. The van der Waals surface area contributed by atoms with Crippen LogP contribution in [-0.2, 0) is 11.3 Å². The van der Waals surface area contributed by atoms with Gasteiger partial charge in [0.15, 0.2) is 5.82 Å². The lowest BCUT2D eigenvalue weighted by Crippen LogP contribution is -2.45. The number of aryl methyl sites for hydroxylation is 1. The van der Waals surface area contributed by atoms with Gasteiger partial charge in [-0.2, -0.15) is 0 Å². The number of hydrogen-bond acceptors (Lipinski definition) is 7. The Kier molecular flexibility index (Phi) is 8.85. The Morgan fingerprint density at radius 1 is 0.826 bits per heavy atom. The summed E-state index contributed by atoms with van der Waals surface area (Å²) in [5.41, 5.74) is 3.69. The Morgan fingerprint density at radius 2 is 1.48 bits per heavy atom. The summed E-state index contributed by atoms with van der Waals surface area (Å²) in [6, 6.07) is 17.0. The maximum absolute atomic E-state index is 13.1. The molecule has 3 aliphatic heterocycles. The molecule has 2 aromatic carbocycles. The average Bonchev–Trinajstić information content (AvgIpc) is 3.80. The number of hydrogen-bond donors (Lipinski definition) is 2. The van der Waals surface area contributed by atoms with E-state index in [1.165, 1.54) is 25.9 Å². The Hall–Kier alpha value is -4.48. The highest BCUT2D eigenvalue weighted by molar-refractivity contribution is 6.00. The summed E-state index contributed by atoms with van der Waals surface area (Å²) < 4.78 is 7.69. The van der Waals surface area contributed by atoms with Gasteiger partial charge < -0.3 is 34.6 Å². The predicted octanol–water partition coefficient (Wildman–Crippen LogP) is 5.30. The number of benzene rings is 2. The van der Waals surface area contributed by atoms with E-state index in [1.807, 2.05) is 29.2 Å². The number of amides is 3. The first-order valence-electron chi connectivity index (χ1n) is 16.6. The second kappa shape index (κ2) is 13.5. The summed E-state index contributed by atoms with van der Waals surface area (Å²) in [6.07, 6.45) is 6.72. The van der Waals surface area contributed by atoms with Gasteiger partial charge in [0.25, 0.3) is 5.91 Å². The highest BCUT2D eigenvalue weighted by atomic mass is 16.5. The fourth-order valence-electron chi connectivity index (χ4n) is 6.87. The molecule has 5 heterocycles. The van der Waals surface area contributed by atoms with Crippen LogP contribution in [0.15, 0.2) is 60.8 Å². The van der Waals surface area contributed by atoms with Gasteiger partial charge in [-0.25, -0.2) is 14.8 Å². The number of piperidine rings is 1. The number of ether oxygens (including phenoxy) is 1. The van der Waals surface area contributed by atoms with E-state index in [2.05, 4.69) is 44.2 Å². The van der Waals surface area contributed by atoms with E-state index in [0.717, 1.165) is 68.0 Å². The van der Waals surface area contributed by atoms with E-state index in [1.54, 1.807) is 24.3 Å². The van der Waals surface area contributed by atoms with Crippen LogP contribution < -0.4 is 15.5 Å². The number of likely N-dealkylation sites (tertiary alicyclic amines) is 2. The summed E-state index contributed by atoms with van der Waals surface area (Å²) in [7, 11) is 0. The van der Waals surface area contributed by atoms with Crippen LogP contribution in [0.3, 0.4) is 0 Å². The Labute approximate surface area is 269 Å². The number of urea groups is 1. The summed E-state index contributed by atoms with van der Waals surface area (Å²) >= 11 is 0. The van der Waals surface area contributed by atoms with Gasteiger partial charge in [0.05, 0.1) is 18.6 Å². The molecule has 3 saturated heterocycles. The first-order chi connectivity index (χ1) is 22.6. The van der Waals surface area contributed by atoms with Gasteiger partial charge in [-0.1, -0.05) is 0 Å². The number of nitrogens with zero attached hydrogens (tertiary/aromatic N) is 6. The molecule has 0 spiro atoms. The molecule has 46 heavy (non-hydrogen) atoms. The van der Waals surface area contributed by atoms with Crippen LogP contribution in [0.25, 0.3) is 22.4 Å². The molecule has 0 saturated carbocycles. The quantitative estimate of drug-likeness (QED) is 0.288. The molecule has 2 N–H and O–H groups in total. The standard InChI is InChI=1S/C35H42N8O3/c1-2-40-20-15-30-32(40)38-31(39-33(30)42-21-23-46-24-22-42)25-5-9-27(10-6-25)36-35(45)37-28-11-7-26(8-12-28)34(44)43-18-13-29(14-19-43)41-16-3-4-17-41/h5-12,15,20,29H,2-4,13-14,16-19,21-24H2,1H3,(H2,36,37,45). The van der Waals surface area contributed by atoms with E-state index in [0.29, 0.717) is 42.0 Å². The first kappa shape index (κ1) is 30.2. The molecule has 0 bridgehead atoms. The number of morpholine rings is 1. The van der Waals surface area contributed by atoms with Crippen LogP contribution in [-0.4, -0.2) is 94.8 Å². The van der Waals surface area contributed by atoms with Crippen LogP contribution in [0.5, 0.6) is 0 Å². The topological polar surface area (TPSA) is 108 Å². The van der Waals surface area contributed by atoms with E-state index >= 15 is 0 Å². The Bertz CT molecular complexity index is 1670. The minimum Gasteiger partial charge on any atom is -0.378 e. The van der Waals surface area contributed by atoms with Gasteiger partial charge in [-0.05, 0) is 100 Å². The van der Waals surface area contributed by atoms with Gasteiger partial charge in [0, 0.05) is 67.5 Å². The maximum atomic E-state index is 13.1. The number of aromatic nitrogens is 3. The highest BCUT2D eigenvalue weighted by Crippen LogP contribution is 2.30. The number of anilines is 3. The van der Waals surface area contributed by atoms with Gasteiger partial charge in [0.2, 0.25) is 0 Å². The monoisotopic (exact) mass is 622 g/mol. The molecule has 0 radical (unpaired) electrons. The fraction of sp³-hybridized carbons (Fsp3) is 0.429. The second-order valence-corrected chi connectivity index (χ2v) is 12.3. The zero-order valence-electron chi connectivity index (χ0n) is 26.5. The summed E-state index contributed by atoms with van der Waals surface area (Å²) in [6.45, 7) is 9.84. The third-order valence-corrected chi connectivity index (χ3v) is 9.45. The van der Waals surface area contributed by atoms with Gasteiger partial charge >= 0.3 is 6.03 Å². The van der Waals surface area contributed by atoms with E-state index in [4.69, 9.17) is 14.7 Å². The smallest absolute Gasteiger partial charge is 0.323 e. The molecule has 0 aliphatic carbocycles. The normalized spacial score (nSPS) is 17.8.